The average Bonchev–Trinajstić information content (AvgIpc) is 2.49. The first kappa shape index (κ1) is 13.3. The number of fused-ring (bicyclic) bond motifs is 1. The number of rotatable bonds is 3. The molecule has 1 heterocycles. The van der Waals surface area contributed by atoms with Crippen molar-refractivity contribution in [3.63, 3.8) is 0 Å². The molecular formula is C15H11ClN4O. The van der Waals surface area contributed by atoms with E-state index in [4.69, 9.17) is 11.6 Å². The van der Waals surface area contributed by atoms with Gasteiger partial charge in [0.1, 0.15) is 0 Å². The lowest BCUT2D eigenvalue weighted by molar-refractivity contribution is 1.12. The fourth-order valence-electron chi connectivity index (χ4n) is 1.86. The molecule has 0 unspecified atom stereocenters. The lowest BCUT2D eigenvalue weighted by atomic mass is 10.2. The first-order valence-corrected chi connectivity index (χ1v) is 6.64. The SMILES string of the molecule is O=c1[nH]c(NN=Cc2ccc(Cl)cc2)nc2ccccc12. The van der Waals surface area contributed by atoms with Crippen LogP contribution in [-0.2, 0) is 0 Å². The van der Waals surface area contributed by atoms with Crippen molar-refractivity contribution in [1.82, 2.24) is 9.97 Å². The number of aromatic amines is 1. The van der Waals surface area contributed by atoms with Gasteiger partial charge in [-0.2, -0.15) is 5.10 Å². The topological polar surface area (TPSA) is 70.1 Å². The van der Waals surface area contributed by atoms with Crippen LogP contribution in [0, 0.1) is 0 Å². The van der Waals surface area contributed by atoms with Crippen LogP contribution < -0.4 is 11.0 Å². The van der Waals surface area contributed by atoms with E-state index in [2.05, 4.69) is 20.5 Å². The number of para-hydroxylation sites is 1. The van der Waals surface area contributed by atoms with E-state index in [1.54, 1.807) is 36.5 Å². The van der Waals surface area contributed by atoms with Crippen molar-refractivity contribution in [2.45, 2.75) is 0 Å². The number of benzene rings is 2. The van der Waals surface area contributed by atoms with Crippen molar-refractivity contribution in [1.29, 1.82) is 0 Å². The van der Waals surface area contributed by atoms with E-state index in [1.165, 1.54) is 0 Å². The summed E-state index contributed by atoms with van der Waals surface area (Å²) in [5.74, 6) is 0.295. The Labute approximate surface area is 125 Å². The highest BCUT2D eigenvalue weighted by molar-refractivity contribution is 6.30. The Morgan fingerprint density at radius 3 is 2.71 bits per heavy atom. The van der Waals surface area contributed by atoms with Crippen molar-refractivity contribution in [2.75, 3.05) is 5.43 Å². The van der Waals surface area contributed by atoms with Gasteiger partial charge in [-0.1, -0.05) is 35.9 Å². The summed E-state index contributed by atoms with van der Waals surface area (Å²) in [5, 5.41) is 5.25. The van der Waals surface area contributed by atoms with E-state index in [1.807, 2.05) is 18.2 Å². The van der Waals surface area contributed by atoms with Crippen molar-refractivity contribution in [3.8, 4) is 0 Å². The summed E-state index contributed by atoms with van der Waals surface area (Å²) in [6.45, 7) is 0. The van der Waals surface area contributed by atoms with E-state index in [0.29, 0.717) is 21.9 Å². The molecule has 0 spiro atoms. The lowest BCUT2D eigenvalue weighted by Gasteiger charge is -2.01. The maximum atomic E-state index is 11.9. The van der Waals surface area contributed by atoms with E-state index < -0.39 is 0 Å². The second-order valence-corrected chi connectivity index (χ2v) is 4.79. The Morgan fingerprint density at radius 2 is 1.90 bits per heavy atom. The summed E-state index contributed by atoms with van der Waals surface area (Å²) in [4.78, 5) is 18.8. The van der Waals surface area contributed by atoms with Crippen LogP contribution in [0.5, 0.6) is 0 Å². The minimum atomic E-state index is -0.204. The first-order chi connectivity index (χ1) is 10.2. The largest absolute Gasteiger partial charge is 0.291 e. The van der Waals surface area contributed by atoms with Crippen molar-refractivity contribution in [3.05, 3.63) is 69.5 Å². The summed E-state index contributed by atoms with van der Waals surface area (Å²) in [6, 6.07) is 14.4. The molecule has 21 heavy (non-hydrogen) atoms. The molecule has 0 atom stereocenters. The van der Waals surface area contributed by atoms with Crippen molar-refractivity contribution in [2.24, 2.45) is 5.10 Å². The second kappa shape index (κ2) is 5.76. The zero-order valence-corrected chi connectivity index (χ0v) is 11.6. The van der Waals surface area contributed by atoms with Crippen molar-refractivity contribution >= 4 is 34.7 Å². The van der Waals surface area contributed by atoms with Gasteiger partial charge in [-0.25, -0.2) is 10.4 Å². The second-order valence-electron chi connectivity index (χ2n) is 4.35. The van der Waals surface area contributed by atoms with Gasteiger partial charge in [-0.05, 0) is 29.8 Å². The molecule has 0 saturated carbocycles. The number of nitrogens with zero attached hydrogens (tertiary/aromatic N) is 2. The van der Waals surface area contributed by atoms with Gasteiger partial charge < -0.3 is 0 Å². The van der Waals surface area contributed by atoms with Gasteiger partial charge in [0.2, 0.25) is 5.95 Å². The number of halogens is 1. The van der Waals surface area contributed by atoms with E-state index >= 15 is 0 Å². The number of aromatic nitrogens is 2. The maximum absolute atomic E-state index is 11.9. The van der Waals surface area contributed by atoms with Crippen LogP contribution in [0.25, 0.3) is 10.9 Å². The van der Waals surface area contributed by atoms with Crippen LogP contribution in [0.2, 0.25) is 5.02 Å². The molecule has 5 nitrogen and oxygen atoms in total. The number of hydrazone groups is 1. The highest BCUT2D eigenvalue weighted by atomic mass is 35.5. The smallest absolute Gasteiger partial charge is 0.260 e. The molecule has 0 amide bonds. The van der Waals surface area contributed by atoms with Gasteiger partial charge in [-0.3, -0.25) is 9.78 Å². The van der Waals surface area contributed by atoms with Gasteiger partial charge in [0, 0.05) is 5.02 Å². The lowest BCUT2D eigenvalue weighted by Crippen LogP contribution is -2.10. The molecule has 0 radical (unpaired) electrons. The number of hydrogen-bond acceptors (Lipinski definition) is 4. The Morgan fingerprint density at radius 1 is 1.14 bits per heavy atom. The molecule has 0 aliphatic heterocycles. The van der Waals surface area contributed by atoms with Crippen molar-refractivity contribution < 1.29 is 0 Å². The highest BCUT2D eigenvalue weighted by Crippen LogP contribution is 2.09. The van der Waals surface area contributed by atoms with Crippen LogP contribution >= 0.6 is 11.6 Å². The fourth-order valence-corrected chi connectivity index (χ4v) is 1.98. The molecule has 2 aromatic carbocycles. The molecule has 0 bridgehead atoms. The Bertz CT molecular complexity index is 855. The zero-order chi connectivity index (χ0) is 14.7. The predicted molar refractivity (Wildman–Crippen MR) is 85.0 cm³/mol. The molecule has 3 aromatic rings. The molecule has 6 heteroatoms. The first-order valence-electron chi connectivity index (χ1n) is 6.26. The third-order valence-electron chi connectivity index (χ3n) is 2.87. The number of H-pyrrole nitrogens is 1. The molecule has 0 fully saturated rings. The summed E-state index contributed by atoms with van der Waals surface area (Å²) in [5.41, 5.74) is 4.01. The molecule has 3 rings (SSSR count). The highest BCUT2D eigenvalue weighted by Gasteiger charge is 2.01. The summed E-state index contributed by atoms with van der Waals surface area (Å²) >= 11 is 5.80. The quantitative estimate of drug-likeness (QED) is 0.577. The average molecular weight is 299 g/mol. The molecule has 0 saturated heterocycles. The summed E-state index contributed by atoms with van der Waals surface area (Å²) < 4.78 is 0. The Hall–Kier alpha value is -2.66. The van der Waals surface area contributed by atoms with E-state index in [0.717, 1.165) is 5.56 Å². The Balaban J connectivity index is 1.82. The standard InChI is InChI=1S/C15H11ClN4O/c16-11-7-5-10(6-8-11)9-17-20-15-18-13-4-2-1-3-12(13)14(21)19-15/h1-9H,(H2,18,19,20,21). The minimum absolute atomic E-state index is 0.204. The minimum Gasteiger partial charge on any atom is -0.291 e. The van der Waals surface area contributed by atoms with Crippen LogP contribution in [-0.4, -0.2) is 16.2 Å². The normalized spacial score (nSPS) is 11.1. The number of nitrogens with one attached hydrogen (secondary N) is 2. The molecule has 104 valence electrons. The van der Waals surface area contributed by atoms with Crippen LogP contribution in [0.4, 0.5) is 5.95 Å². The molecular weight excluding hydrogens is 288 g/mol. The summed E-state index contributed by atoms with van der Waals surface area (Å²) in [7, 11) is 0. The molecule has 2 N–H and O–H groups in total. The van der Waals surface area contributed by atoms with Gasteiger partial charge in [0.05, 0.1) is 17.1 Å². The number of hydrogen-bond donors (Lipinski definition) is 2. The monoisotopic (exact) mass is 298 g/mol. The fraction of sp³-hybridized carbons (Fsp3) is 0. The maximum Gasteiger partial charge on any atom is 0.260 e. The van der Waals surface area contributed by atoms with Crippen LogP contribution in [0.1, 0.15) is 5.56 Å². The van der Waals surface area contributed by atoms with Gasteiger partial charge in [0.25, 0.3) is 5.56 Å². The van der Waals surface area contributed by atoms with Crippen LogP contribution in [0.15, 0.2) is 58.4 Å². The van der Waals surface area contributed by atoms with E-state index in [-0.39, 0.29) is 5.56 Å². The third kappa shape index (κ3) is 3.09. The van der Waals surface area contributed by atoms with E-state index in [9.17, 15) is 4.79 Å². The van der Waals surface area contributed by atoms with Crippen LogP contribution in [0.3, 0.4) is 0 Å². The van der Waals surface area contributed by atoms with Gasteiger partial charge in [-0.15, -0.1) is 0 Å². The molecule has 1 aromatic heterocycles. The predicted octanol–water partition coefficient (Wildman–Crippen LogP) is 3.02. The Kier molecular flexibility index (Phi) is 3.66. The molecule has 0 aliphatic carbocycles. The summed E-state index contributed by atoms with van der Waals surface area (Å²) in [6.07, 6.45) is 1.62. The van der Waals surface area contributed by atoms with Gasteiger partial charge in [0.15, 0.2) is 0 Å². The number of anilines is 1. The third-order valence-corrected chi connectivity index (χ3v) is 3.12. The molecule has 0 aliphatic rings. The van der Waals surface area contributed by atoms with Gasteiger partial charge >= 0.3 is 0 Å². The zero-order valence-electron chi connectivity index (χ0n) is 10.9.